The average Bonchev–Trinajstić information content (AvgIpc) is 2.93. The normalized spacial score (nSPS) is 18.8. The van der Waals surface area contributed by atoms with Gasteiger partial charge in [0.05, 0.1) is 12.0 Å². The number of hydrogen-bond acceptors (Lipinski definition) is 6. The summed E-state index contributed by atoms with van der Waals surface area (Å²) in [5.74, 6) is 0.0338. The molecule has 1 aromatic rings. The average molecular weight is 295 g/mol. The van der Waals surface area contributed by atoms with Gasteiger partial charge in [0.2, 0.25) is 0 Å². The number of imide groups is 1. The van der Waals surface area contributed by atoms with Crippen molar-refractivity contribution in [1.82, 2.24) is 4.90 Å². The number of thioether (sulfide) groups is 1. The van der Waals surface area contributed by atoms with Crippen molar-refractivity contribution in [1.29, 1.82) is 0 Å². The van der Waals surface area contributed by atoms with Gasteiger partial charge in [-0.3, -0.25) is 14.5 Å². The Morgan fingerprint density at radius 3 is 2.70 bits per heavy atom. The maximum Gasteiger partial charge on any atom is 0.328 e. The number of rotatable bonds is 3. The predicted molar refractivity (Wildman–Crippen MR) is 72.7 cm³/mol. The molecular formula is C13H13NO5S. The maximum atomic E-state index is 12.2. The van der Waals surface area contributed by atoms with Crippen LogP contribution in [0.15, 0.2) is 21.5 Å². The Morgan fingerprint density at radius 2 is 2.15 bits per heavy atom. The lowest BCUT2D eigenvalue weighted by molar-refractivity contribution is -0.148. The fourth-order valence-electron chi connectivity index (χ4n) is 1.75. The first-order valence-corrected chi connectivity index (χ1v) is 6.67. The molecule has 20 heavy (non-hydrogen) atoms. The molecule has 0 radical (unpaired) electrons. The summed E-state index contributed by atoms with van der Waals surface area (Å²) in [6.07, 6.45) is 1.49. The first-order chi connectivity index (χ1) is 9.43. The summed E-state index contributed by atoms with van der Waals surface area (Å²) in [4.78, 5) is 36.5. The molecule has 1 fully saturated rings. The minimum atomic E-state index is -0.947. The Hall–Kier alpha value is -2.02. The molecule has 2 heterocycles. The second-order valence-corrected chi connectivity index (χ2v) is 5.19. The third-order valence-electron chi connectivity index (χ3n) is 2.79. The van der Waals surface area contributed by atoms with Gasteiger partial charge in [-0.25, -0.2) is 4.79 Å². The molecule has 1 aromatic heterocycles. The second-order valence-electron chi connectivity index (χ2n) is 4.20. The van der Waals surface area contributed by atoms with Gasteiger partial charge in [-0.05, 0) is 37.7 Å². The number of amides is 2. The molecule has 106 valence electrons. The molecule has 7 heteroatoms. The van der Waals surface area contributed by atoms with Crippen LogP contribution in [0.2, 0.25) is 0 Å². The quantitative estimate of drug-likeness (QED) is 0.628. The summed E-state index contributed by atoms with van der Waals surface area (Å²) in [5, 5.41) is -0.498. The van der Waals surface area contributed by atoms with Gasteiger partial charge >= 0.3 is 5.97 Å². The van der Waals surface area contributed by atoms with E-state index in [4.69, 9.17) is 4.42 Å². The van der Waals surface area contributed by atoms with E-state index in [9.17, 15) is 14.4 Å². The van der Waals surface area contributed by atoms with Crippen molar-refractivity contribution in [3.63, 3.8) is 0 Å². The van der Waals surface area contributed by atoms with Gasteiger partial charge in [0.1, 0.15) is 17.6 Å². The molecule has 2 amide bonds. The van der Waals surface area contributed by atoms with Gasteiger partial charge < -0.3 is 9.15 Å². The van der Waals surface area contributed by atoms with Crippen LogP contribution < -0.4 is 0 Å². The van der Waals surface area contributed by atoms with Crippen LogP contribution >= 0.6 is 11.8 Å². The fraction of sp³-hybridized carbons (Fsp3) is 0.308. The van der Waals surface area contributed by atoms with Crippen LogP contribution in [0.4, 0.5) is 4.79 Å². The predicted octanol–water partition coefficient (Wildman–Crippen LogP) is 2.19. The van der Waals surface area contributed by atoms with E-state index in [1.807, 2.05) is 0 Å². The van der Waals surface area contributed by atoms with Crippen LogP contribution in [0.5, 0.6) is 0 Å². The highest BCUT2D eigenvalue weighted by atomic mass is 32.2. The molecule has 0 aromatic carbocycles. The van der Waals surface area contributed by atoms with Crippen LogP contribution in [0.3, 0.4) is 0 Å². The van der Waals surface area contributed by atoms with Crippen molar-refractivity contribution in [3.05, 3.63) is 28.6 Å². The van der Waals surface area contributed by atoms with E-state index in [-0.39, 0.29) is 4.91 Å². The lowest BCUT2D eigenvalue weighted by atomic mass is 10.3. The number of carbonyl (C=O) groups excluding carboxylic acids is 3. The second kappa shape index (κ2) is 5.54. The van der Waals surface area contributed by atoms with E-state index >= 15 is 0 Å². The van der Waals surface area contributed by atoms with Crippen molar-refractivity contribution in [3.8, 4) is 0 Å². The van der Waals surface area contributed by atoms with E-state index < -0.39 is 23.2 Å². The summed E-state index contributed by atoms with van der Waals surface area (Å²) in [6, 6.07) is 2.51. The summed E-state index contributed by atoms with van der Waals surface area (Å²) in [7, 11) is 1.21. The highest BCUT2D eigenvalue weighted by molar-refractivity contribution is 8.18. The van der Waals surface area contributed by atoms with Crippen LogP contribution in [0.1, 0.15) is 18.4 Å². The highest BCUT2D eigenvalue weighted by Gasteiger charge is 2.41. The molecule has 1 saturated heterocycles. The van der Waals surface area contributed by atoms with Crippen molar-refractivity contribution in [2.24, 2.45) is 0 Å². The number of methoxy groups -OCH3 is 1. The third kappa shape index (κ3) is 2.62. The highest BCUT2D eigenvalue weighted by Crippen LogP contribution is 2.33. The Bertz CT molecular complexity index is 604. The summed E-state index contributed by atoms with van der Waals surface area (Å²) < 4.78 is 9.88. The van der Waals surface area contributed by atoms with Gasteiger partial charge in [-0.2, -0.15) is 0 Å². The molecule has 1 unspecified atom stereocenters. The number of nitrogens with zero attached hydrogens (tertiary/aromatic N) is 1. The number of esters is 1. The summed E-state index contributed by atoms with van der Waals surface area (Å²) in [6.45, 7) is 3.23. The van der Waals surface area contributed by atoms with Crippen LogP contribution in [0, 0.1) is 6.92 Å². The molecule has 1 aliphatic heterocycles. The van der Waals surface area contributed by atoms with E-state index in [2.05, 4.69) is 4.74 Å². The Kier molecular flexibility index (Phi) is 3.99. The lowest BCUT2D eigenvalue weighted by Crippen LogP contribution is -2.42. The maximum absolute atomic E-state index is 12.2. The monoisotopic (exact) mass is 295 g/mol. The molecule has 0 saturated carbocycles. The van der Waals surface area contributed by atoms with Crippen LogP contribution in [-0.2, 0) is 14.3 Å². The van der Waals surface area contributed by atoms with Gasteiger partial charge in [0.25, 0.3) is 11.1 Å². The number of carbonyl (C=O) groups is 3. The third-order valence-corrected chi connectivity index (χ3v) is 3.67. The smallest absolute Gasteiger partial charge is 0.328 e. The molecular weight excluding hydrogens is 282 g/mol. The van der Waals surface area contributed by atoms with Crippen molar-refractivity contribution in [2.75, 3.05) is 7.11 Å². The zero-order valence-corrected chi connectivity index (χ0v) is 12.0. The van der Waals surface area contributed by atoms with Crippen molar-refractivity contribution in [2.45, 2.75) is 19.9 Å². The van der Waals surface area contributed by atoms with Gasteiger partial charge in [0.15, 0.2) is 0 Å². The van der Waals surface area contributed by atoms with E-state index in [0.29, 0.717) is 11.5 Å². The number of ether oxygens (including phenoxy) is 1. The Labute approximate surface area is 119 Å². The zero-order valence-electron chi connectivity index (χ0n) is 11.2. The molecule has 2 rings (SSSR count). The van der Waals surface area contributed by atoms with E-state index in [1.165, 1.54) is 20.1 Å². The van der Waals surface area contributed by atoms with Gasteiger partial charge in [-0.1, -0.05) is 0 Å². The molecule has 0 aliphatic carbocycles. The van der Waals surface area contributed by atoms with E-state index in [0.717, 1.165) is 16.7 Å². The van der Waals surface area contributed by atoms with Gasteiger partial charge in [-0.15, -0.1) is 0 Å². The fourth-order valence-corrected chi connectivity index (χ4v) is 2.64. The molecule has 0 spiro atoms. The summed E-state index contributed by atoms with van der Waals surface area (Å²) >= 11 is 0.773. The molecule has 6 nitrogen and oxygen atoms in total. The number of hydrogen-bond donors (Lipinski definition) is 0. The van der Waals surface area contributed by atoms with E-state index in [1.54, 1.807) is 19.1 Å². The first kappa shape index (κ1) is 14.4. The van der Waals surface area contributed by atoms with Gasteiger partial charge in [0, 0.05) is 6.08 Å². The minimum absolute atomic E-state index is 0.222. The topological polar surface area (TPSA) is 76.8 Å². The number of furan rings is 1. The lowest BCUT2D eigenvalue weighted by Gasteiger charge is -2.18. The minimum Gasteiger partial charge on any atom is -0.467 e. The molecule has 1 aliphatic rings. The number of aryl methyl sites for hydroxylation is 1. The Balaban J connectivity index is 2.25. The van der Waals surface area contributed by atoms with Crippen molar-refractivity contribution < 1.29 is 23.5 Å². The first-order valence-electron chi connectivity index (χ1n) is 5.85. The Morgan fingerprint density at radius 1 is 1.45 bits per heavy atom. The SMILES string of the molecule is COC(=O)C(C)N1C(=O)S/C(=C\c2ccc(C)o2)C1=O. The van der Waals surface area contributed by atoms with Crippen LogP contribution in [0.25, 0.3) is 6.08 Å². The summed E-state index contributed by atoms with van der Waals surface area (Å²) in [5.41, 5.74) is 0. The standard InChI is InChI=1S/C13H13NO5S/c1-7-4-5-9(19-7)6-10-11(15)14(13(17)20-10)8(2)12(16)18-3/h4-6,8H,1-3H3/b10-6-. The zero-order chi connectivity index (χ0) is 14.9. The molecule has 0 bridgehead atoms. The molecule has 0 N–H and O–H groups in total. The largest absolute Gasteiger partial charge is 0.467 e. The molecule has 1 atom stereocenters. The van der Waals surface area contributed by atoms with Crippen LogP contribution in [-0.4, -0.2) is 35.2 Å². The van der Waals surface area contributed by atoms with Crippen molar-refractivity contribution >= 4 is 35.0 Å².